The zero-order chi connectivity index (χ0) is 19.1. The Morgan fingerprint density at radius 3 is 2.12 bits per heavy atom. The topological polar surface area (TPSA) is 73.0 Å². The molecule has 0 fully saturated rings. The third-order valence-electron chi connectivity index (χ3n) is 3.32. The highest BCUT2D eigenvalue weighted by Gasteiger charge is 2.17. The third kappa shape index (κ3) is 7.29. The van der Waals surface area contributed by atoms with Crippen LogP contribution in [0.5, 0.6) is 0 Å². The van der Waals surface area contributed by atoms with Crippen LogP contribution in [0, 0.1) is 0 Å². The van der Waals surface area contributed by atoms with Crippen LogP contribution < -0.4 is 5.32 Å². The molecule has 0 spiro atoms. The van der Waals surface area contributed by atoms with E-state index in [2.05, 4.69) is 5.32 Å². The standard InChI is InChI=1S/C16H22Cl2N4O3/c1-20(2)15(24)10-22(4)16(25)9-21(3)8-14(23)19-11-5-6-12(17)13(18)7-11/h5-7H,8-10H2,1-4H3,(H,19,23). The van der Waals surface area contributed by atoms with Crippen molar-refractivity contribution in [2.45, 2.75) is 0 Å². The zero-order valence-corrected chi connectivity index (χ0v) is 16.2. The maximum absolute atomic E-state index is 12.1. The Hall–Kier alpha value is -1.83. The Morgan fingerprint density at radius 2 is 1.56 bits per heavy atom. The summed E-state index contributed by atoms with van der Waals surface area (Å²) in [6, 6.07) is 4.77. The van der Waals surface area contributed by atoms with Crippen LogP contribution in [-0.4, -0.2) is 80.2 Å². The second-order valence-corrected chi connectivity index (χ2v) is 6.70. The van der Waals surface area contributed by atoms with E-state index in [-0.39, 0.29) is 37.4 Å². The number of likely N-dealkylation sites (N-methyl/N-ethyl adjacent to an activating group) is 3. The van der Waals surface area contributed by atoms with E-state index < -0.39 is 0 Å². The van der Waals surface area contributed by atoms with Gasteiger partial charge < -0.3 is 15.1 Å². The molecule has 0 radical (unpaired) electrons. The van der Waals surface area contributed by atoms with Crippen LogP contribution in [0.2, 0.25) is 10.0 Å². The molecule has 0 saturated carbocycles. The van der Waals surface area contributed by atoms with E-state index in [0.29, 0.717) is 15.7 Å². The van der Waals surface area contributed by atoms with Gasteiger partial charge in [-0.3, -0.25) is 19.3 Å². The summed E-state index contributed by atoms with van der Waals surface area (Å²) in [5.74, 6) is -0.711. The maximum atomic E-state index is 12.1. The molecule has 0 heterocycles. The average molecular weight is 389 g/mol. The largest absolute Gasteiger partial charge is 0.347 e. The van der Waals surface area contributed by atoms with E-state index in [0.717, 1.165) is 0 Å². The van der Waals surface area contributed by atoms with Crippen molar-refractivity contribution >= 4 is 46.6 Å². The molecule has 25 heavy (non-hydrogen) atoms. The van der Waals surface area contributed by atoms with Gasteiger partial charge in [0.2, 0.25) is 17.7 Å². The molecule has 0 saturated heterocycles. The molecule has 1 rings (SSSR count). The second-order valence-electron chi connectivity index (χ2n) is 5.89. The van der Waals surface area contributed by atoms with Gasteiger partial charge in [0.05, 0.1) is 29.7 Å². The molecule has 1 aromatic carbocycles. The van der Waals surface area contributed by atoms with Gasteiger partial charge in [-0.05, 0) is 25.2 Å². The fourth-order valence-corrected chi connectivity index (χ4v) is 2.16. The molecule has 0 aromatic heterocycles. The van der Waals surface area contributed by atoms with Crippen molar-refractivity contribution in [2.75, 3.05) is 53.1 Å². The lowest BCUT2D eigenvalue weighted by Gasteiger charge is -2.22. The molecule has 0 aliphatic carbocycles. The molecule has 0 atom stereocenters. The second kappa shape index (κ2) is 9.60. The summed E-state index contributed by atoms with van der Waals surface area (Å²) < 4.78 is 0. The summed E-state index contributed by atoms with van der Waals surface area (Å²) in [6.45, 7) is 0.0304. The van der Waals surface area contributed by atoms with Gasteiger partial charge in [-0.15, -0.1) is 0 Å². The Balaban J connectivity index is 2.48. The summed E-state index contributed by atoms with van der Waals surface area (Å²) in [4.78, 5) is 40.0. The van der Waals surface area contributed by atoms with Crippen molar-refractivity contribution < 1.29 is 14.4 Å². The van der Waals surface area contributed by atoms with Gasteiger partial charge in [-0.1, -0.05) is 23.2 Å². The number of carbonyl (C=O) groups excluding carboxylic acids is 3. The summed E-state index contributed by atoms with van der Waals surface area (Å²) in [6.07, 6.45) is 0. The van der Waals surface area contributed by atoms with Crippen molar-refractivity contribution in [2.24, 2.45) is 0 Å². The first-order chi connectivity index (χ1) is 11.6. The van der Waals surface area contributed by atoms with E-state index in [1.165, 1.54) is 9.80 Å². The van der Waals surface area contributed by atoms with Crippen LogP contribution in [0.3, 0.4) is 0 Å². The summed E-state index contributed by atoms with van der Waals surface area (Å²) in [5, 5.41) is 3.42. The Kier molecular flexibility index (Phi) is 8.15. The number of nitrogens with zero attached hydrogens (tertiary/aromatic N) is 3. The van der Waals surface area contributed by atoms with Crippen LogP contribution in [-0.2, 0) is 14.4 Å². The molecular formula is C16H22Cl2N4O3. The SMILES string of the molecule is CN(CC(=O)Nc1ccc(Cl)c(Cl)c1)CC(=O)N(C)CC(=O)N(C)C. The maximum Gasteiger partial charge on any atom is 0.241 e. The predicted molar refractivity (Wildman–Crippen MR) is 98.9 cm³/mol. The number of benzene rings is 1. The van der Waals surface area contributed by atoms with Crippen LogP contribution >= 0.6 is 23.2 Å². The smallest absolute Gasteiger partial charge is 0.241 e. The zero-order valence-electron chi connectivity index (χ0n) is 14.7. The van der Waals surface area contributed by atoms with Crippen molar-refractivity contribution in [3.05, 3.63) is 28.2 Å². The Morgan fingerprint density at radius 1 is 0.920 bits per heavy atom. The van der Waals surface area contributed by atoms with Gasteiger partial charge in [0.15, 0.2) is 0 Å². The molecule has 1 aromatic rings. The summed E-state index contributed by atoms with van der Waals surface area (Å²) >= 11 is 11.7. The lowest BCUT2D eigenvalue weighted by Crippen LogP contribution is -2.43. The number of nitrogens with one attached hydrogen (secondary N) is 1. The first-order valence-electron chi connectivity index (χ1n) is 7.47. The molecular weight excluding hydrogens is 367 g/mol. The molecule has 9 heteroatoms. The number of hydrogen-bond donors (Lipinski definition) is 1. The van der Waals surface area contributed by atoms with Crippen molar-refractivity contribution in [1.29, 1.82) is 0 Å². The highest BCUT2D eigenvalue weighted by Crippen LogP contribution is 2.24. The van der Waals surface area contributed by atoms with Crippen molar-refractivity contribution in [3.63, 3.8) is 0 Å². The first-order valence-corrected chi connectivity index (χ1v) is 8.23. The number of carbonyl (C=O) groups is 3. The number of halogens is 2. The average Bonchev–Trinajstić information content (AvgIpc) is 2.50. The van der Waals surface area contributed by atoms with E-state index >= 15 is 0 Å². The van der Waals surface area contributed by atoms with Crippen LogP contribution in [0.15, 0.2) is 18.2 Å². The van der Waals surface area contributed by atoms with Crippen molar-refractivity contribution in [3.8, 4) is 0 Å². The fraction of sp³-hybridized carbons (Fsp3) is 0.438. The molecule has 0 aliphatic rings. The number of anilines is 1. The minimum Gasteiger partial charge on any atom is -0.347 e. The van der Waals surface area contributed by atoms with Gasteiger partial charge in [0, 0.05) is 26.8 Å². The van der Waals surface area contributed by atoms with Crippen molar-refractivity contribution in [1.82, 2.24) is 14.7 Å². The van der Waals surface area contributed by atoms with Crippen LogP contribution in [0.25, 0.3) is 0 Å². The van der Waals surface area contributed by atoms with Crippen LogP contribution in [0.4, 0.5) is 5.69 Å². The molecule has 3 amide bonds. The quantitative estimate of drug-likeness (QED) is 0.766. The minimum atomic E-state index is -0.291. The summed E-state index contributed by atoms with van der Waals surface area (Å²) in [5.41, 5.74) is 0.521. The summed E-state index contributed by atoms with van der Waals surface area (Å²) in [7, 11) is 6.45. The lowest BCUT2D eigenvalue weighted by molar-refractivity contribution is -0.138. The molecule has 1 N–H and O–H groups in total. The highest BCUT2D eigenvalue weighted by atomic mass is 35.5. The Labute approximate surface area is 157 Å². The highest BCUT2D eigenvalue weighted by molar-refractivity contribution is 6.42. The number of hydrogen-bond acceptors (Lipinski definition) is 4. The molecule has 0 unspecified atom stereocenters. The molecule has 7 nitrogen and oxygen atoms in total. The minimum absolute atomic E-state index is 0.00482. The lowest BCUT2D eigenvalue weighted by atomic mass is 10.3. The molecule has 138 valence electrons. The van der Waals surface area contributed by atoms with Gasteiger partial charge in [-0.25, -0.2) is 0 Å². The normalized spacial score (nSPS) is 10.5. The monoisotopic (exact) mass is 388 g/mol. The van der Waals surface area contributed by atoms with E-state index in [4.69, 9.17) is 23.2 Å². The number of rotatable bonds is 7. The van der Waals surface area contributed by atoms with Crippen LogP contribution in [0.1, 0.15) is 0 Å². The van der Waals surface area contributed by atoms with E-state index in [9.17, 15) is 14.4 Å². The van der Waals surface area contributed by atoms with Gasteiger partial charge in [0.1, 0.15) is 0 Å². The van der Waals surface area contributed by atoms with Gasteiger partial charge in [-0.2, -0.15) is 0 Å². The fourth-order valence-electron chi connectivity index (χ4n) is 1.86. The third-order valence-corrected chi connectivity index (χ3v) is 4.06. The first kappa shape index (κ1) is 21.2. The van der Waals surface area contributed by atoms with E-state index in [1.54, 1.807) is 51.3 Å². The molecule has 0 bridgehead atoms. The predicted octanol–water partition coefficient (Wildman–Crippen LogP) is 1.41. The Bertz CT molecular complexity index is 652. The van der Waals surface area contributed by atoms with Gasteiger partial charge in [0.25, 0.3) is 0 Å². The molecule has 0 aliphatic heterocycles. The van der Waals surface area contributed by atoms with Gasteiger partial charge >= 0.3 is 0 Å². The number of amides is 3. The van der Waals surface area contributed by atoms with E-state index in [1.807, 2.05) is 0 Å².